The molecule has 0 atom stereocenters. The molecule has 0 aliphatic carbocycles. The third-order valence-electron chi connectivity index (χ3n) is 3.88. The summed E-state index contributed by atoms with van der Waals surface area (Å²) in [5.41, 5.74) is 6.53. The predicted octanol–water partition coefficient (Wildman–Crippen LogP) is 2.67. The first kappa shape index (κ1) is 21.5. The van der Waals surface area contributed by atoms with Crippen LogP contribution in [0.1, 0.15) is 46.8 Å². The van der Waals surface area contributed by atoms with E-state index in [1.54, 1.807) is 0 Å². The molecule has 0 unspecified atom stereocenters. The van der Waals surface area contributed by atoms with Crippen molar-refractivity contribution in [3.63, 3.8) is 0 Å². The van der Waals surface area contributed by atoms with Crippen LogP contribution in [0.4, 0.5) is 11.5 Å². The highest BCUT2D eigenvalue weighted by Crippen LogP contribution is 2.33. The number of carbonyl (C=O) groups excluding carboxylic acids is 1. The normalized spacial score (nSPS) is 10.2. The number of thioether (sulfide) groups is 1. The molecule has 1 aromatic heterocycles. The van der Waals surface area contributed by atoms with Crippen LogP contribution in [0.2, 0.25) is 0 Å². The Kier molecular flexibility index (Phi) is 6.65. The molecule has 9 nitrogen and oxygen atoms in total. The molecule has 0 aliphatic rings. The first-order valence-electron chi connectivity index (χ1n) is 8.32. The summed E-state index contributed by atoms with van der Waals surface area (Å²) in [6.45, 7) is 3.64. The molecule has 0 saturated carbocycles. The summed E-state index contributed by atoms with van der Waals surface area (Å²) in [6.07, 6.45) is 0. The zero-order valence-electron chi connectivity index (χ0n) is 15.6. The van der Waals surface area contributed by atoms with E-state index in [1.165, 1.54) is 6.07 Å². The van der Waals surface area contributed by atoms with Crippen LogP contribution < -0.4 is 11.1 Å². The maximum absolute atomic E-state index is 12.2. The van der Waals surface area contributed by atoms with E-state index in [2.05, 4.69) is 10.3 Å². The van der Waals surface area contributed by atoms with Crippen molar-refractivity contribution in [2.75, 3.05) is 16.8 Å². The average molecular weight is 411 g/mol. The number of carboxylic acid groups (broad SMARTS) is 1. The zero-order valence-corrected chi connectivity index (χ0v) is 16.4. The Labute approximate surface area is 170 Å². The number of anilines is 2. The van der Waals surface area contributed by atoms with E-state index >= 15 is 0 Å². The van der Waals surface area contributed by atoms with E-state index in [0.29, 0.717) is 5.56 Å². The topological polar surface area (TPSA) is 173 Å². The summed E-state index contributed by atoms with van der Waals surface area (Å²) in [5.74, 6) is -2.51. The summed E-state index contributed by atoms with van der Waals surface area (Å²) in [4.78, 5) is 27.4. The van der Waals surface area contributed by atoms with Crippen molar-refractivity contribution in [1.82, 2.24) is 4.98 Å². The van der Waals surface area contributed by atoms with Gasteiger partial charge in [-0.2, -0.15) is 10.5 Å². The van der Waals surface area contributed by atoms with Crippen molar-refractivity contribution in [2.24, 2.45) is 0 Å². The third-order valence-corrected chi connectivity index (χ3v) is 4.86. The number of rotatable bonds is 6. The Morgan fingerprint density at radius 2 is 1.93 bits per heavy atom. The monoisotopic (exact) mass is 411 g/mol. The Bertz CT molecular complexity index is 1070. The lowest BCUT2D eigenvalue weighted by Gasteiger charge is -2.15. The van der Waals surface area contributed by atoms with Crippen molar-refractivity contribution >= 4 is 35.1 Å². The molecule has 5 N–H and O–H groups in total. The van der Waals surface area contributed by atoms with Gasteiger partial charge in [0.05, 0.1) is 16.9 Å². The van der Waals surface area contributed by atoms with E-state index in [9.17, 15) is 25.2 Å². The van der Waals surface area contributed by atoms with E-state index in [0.717, 1.165) is 23.9 Å². The van der Waals surface area contributed by atoms with Crippen molar-refractivity contribution in [1.29, 1.82) is 10.5 Å². The van der Waals surface area contributed by atoms with E-state index in [1.807, 2.05) is 26.0 Å². The second-order valence-electron chi connectivity index (χ2n) is 6.22. The van der Waals surface area contributed by atoms with Gasteiger partial charge in [0.2, 0.25) is 5.91 Å². The van der Waals surface area contributed by atoms with Crippen molar-refractivity contribution < 1.29 is 19.8 Å². The van der Waals surface area contributed by atoms with Crippen LogP contribution in [0.25, 0.3) is 0 Å². The number of aromatic carboxylic acids is 1. The Morgan fingerprint density at radius 1 is 1.28 bits per heavy atom. The first-order chi connectivity index (χ1) is 13.7. The number of pyridine rings is 1. The molecule has 0 spiro atoms. The predicted molar refractivity (Wildman–Crippen MR) is 107 cm³/mol. The number of hydrogen-bond donors (Lipinski definition) is 4. The standard InChI is InChI=1S/C19H17N5O4S/c1-9(2)16-12(6-20)17(22)24-18(13(16)7-21)29-8-15(26)23-10-3-4-14(25)11(5-10)19(27)28/h3-5,9,25H,8H2,1-2H3,(H2,22,24)(H,23,26)(H,27,28). The number of benzene rings is 1. The Morgan fingerprint density at radius 3 is 2.48 bits per heavy atom. The summed E-state index contributed by atoms with van der Waals surface area (Å²) in [5, 5.41) is 40.1. The summed E-state index contributed by atoms with van der Waals surface area (Å²) in [7, 11) is 0. The number of nitrogens with zero attached hydrogens (tertiary/aromatic N) is 3. The minimum Gasteiger partial charge on any atom is -0.507 e. The summed E-state index contributed by atoms with van der Waals surface area (Å²) >= 11 is 0.977. The van der Waals surface area contributed by atoms with Crippen LogP contribution in [0.15, 0.2) is 23.2 Å². The lowest BCUT2D eigenvalue weighted by atomic mass is 9.94. The molecule has 148 valence electrons. The molecular weight excluding hydrogens is 394 g/mol. The van der Waals surface area contributed by atoms with Gasteiger partial charge in [0.25, 0.3) is 0 Å². The van der Waals surface area contributed by atoms with Gasteiger partial charge in [0.15, 0.2) is 0 Å². The number of nitriles is 2. The SMILES string of the molecule is CC(C)c1c(C#N)c(N)nc(SCC(=O)Nc2ccc(O)c(C(=O)O)c2)c1C#N. The van der Waals surface area contributed by atoms with Crippen LogP contribution in [-0.2, 0) is 4.79 Å². The zero-order chi connectivity index (χ0) is 21.7. The van der Waals surface area contributed by atoms with Gasteiger partial charge in [0, 0.05) is 5.69 Å². The van der Waals surface area contributed by atoms with Crippen LogP contribution in [0.5, 0.6) is 5.75 Å². The van der Waals surface area contributed by atoms with Gasteiger partial charge in [-0.05, 0) is 29.7 Å². The number of nitrogen functional groups attached to an aromatic ring is 1. The van der Waals surface area contributed by atoms with Crippen LogP contribution in [0.3, 0.4) is 0 Å². The molecule has 0 saturated heterocycles. The third kappa shape index (κ3) is 4.75. The smallest absolute Gasteiger partial charge is 0.339 e. The number of phenols is 1. The number of hydrogen-bond acceptors (Lipinski definition) is 8. The fourth-order valence-electron chi connectivity index (χ4n) is 2.62. The number of nitrogens with two attached hydrogens (primary N) is 1. The largest absolute Gasteiger partial charge is 0.507 e. The van der Waals surface area contributed by atoms with Crippen LogP contribution in [-0.4, -0.2) is 32.8 Å². The van der Waals surface area contributed by atoms with Crippen molar-refractivity contribution in [3.05, 3.63) is 40.5 Å². The molecule has 10 heteroatoms. The summed E-state index contributed by atoms with van der Waals surface area (Å²) in [6, 6.07) is 7.66. The second kappa shape index (κ2) is 8.95. The van der Waals surface area contributed by atoms with Gasteiger partial charge < -0.3 is 21.3 Å². The second-order valence-corrected chi connectivity index (χ2v) is 7.18. The Balaban J connectivity index is 2.23. The average Bonchev–Trinajstić information content (AvgIpc) is 2.66. The van der Waals surface area contributed by atoms with Gasteiger partial charge in [-0.3, -0.25) is 4.79 Å². The highest BCUT2D eigenvalue weighted by Gasteiger charge is 2.21. The fourth-order valence-corrected chi connectivity index (χ4v) is 3.43. The first-order valence-corrected chi connectivity index (χ1v) is 9.30. The number of aromatic nitrogens is 1. The van der Waals surface area contributed by atoms with Crippen LogP contribution in [0, 0.1) is 22.7 Å². The van der Waals surface area contributed by atoms with Gasteiger partial charge in [-0.15, -0.1) is 0 Å². The number of nitrogens with one attached hydrogen (secondary N) is 1. The number of carbonyl (C=O) groups is 2. The molecule has 2 rings (SSSR count). The molecular formula is C19H17N5O4S. The van der Waals surface area contributed by atoms with Gasteiger partial charge >= 0.3 is 5.97 Å². The number of amides is 1. The Hall–Kier alpha value is -3.76. The summed E-state index contributed by atoms with van der Waals surface area (Å²) < 4.78 is 0. The van der Waals surface area contributed by atoms with Crippen molar-refractivity contribution in [3.8, 4) is 17.9 Å². The molecule has 29 heavy (non-hydrogen) atoms. The lowest BCUT2D eigenvalue weighted by molar-refractivity contribution is -0.113. The minimum absolute atomic E-state index is 0.0113. The quantitative estimate of drug-likeness (QED) is 0.411. The van der Waals surface area contributed by atoms with Gasteiger partial charge in [0.1, 0.15) is 34.3 Å². The highest BCUT2D eigenvalue weighted by molar-refractivity contribution is 8.00. The maximum atomic E-state index is 12.2. The molecule has 0 bridgehead atoms. The molecule has 1 aromatic carbocycles. The van der Waals surface area contributed by atoms with Gasteiger partial charge in [-0.1, -0.05) is 25.6 Å². The molecule has 0 radical (unpaired) electrons. The number of carboxylic acids is 1. The highest BCUT2D eigenvalue weighted by atomic mass is 32.2. The van der Waals surface area contributed by atoms with Crippen LogP contribution >= 0.6 is 11.8 Å². The molecule has 0 fully saturated rings. The lowest BCUT2D eigenvalue weighted by Crippen LogP contribution is -2.15. The van der Waals surface area contributed by atoms with Gasteiger partial charge in [-0.25, -0.2) is 9.78 Å². The molecule has 1 amide bonds. The van der Waals surface area contributed by atoms with E-state index in [-0.39, 0.29) is 44.9 Å². The van der Waals surface area contributed by atoms with E-state index in [4.69, 9.17) is 10.8 Å². The molecule has 2 aromatic rings. The van der Waals surface area contributed by atoms with Crippen molar-refractivity contribution in [2.45, 2.75) is 24.8 Å². The minimum atomic E-state index is -1.33. The number of aromatic hydroxyl groups is 1. The molecule has 1 heterocycles. The van der Waals surface area contributed by atoms with E-state index < -0.39 is 17.6 Å². The fraction of sp³-hybridized carbons (Fsp3) is 0.211. The molecule has 0 aliphatic heterocycles. The maximum Gasteiger partial charge on any atom is 0.339 e.